The lowest BCUT2D eigenvalue weighted by molar-refractivity contribution is -0.385. The van der Waals surface area contributed by atoms with E-state index in [1.54, 1.807) is 37.1 Å². The molecule has 1 unspecified atom stereocenters. The number of hydrogen-bond acceptors (Lipinski definition) is 5. The quantitative estimate of drug-likeness (QED) is 0.610. The fourth-order valence-corrected chi connectivity index (χ4v) is 3.33. The topological polar surface area (TPSA) is 102 Å². The van der Waals surface area contributed by atoms with E-state index in [-0.39, 0.29) is 29.0 Å². The minimum Gasteiger partial charge on any atom is -0.497 e. The van der Waals surface area contributed by atoms with Gasteiger partial charge in [-0.05, 0) is 37.3 Å². The number of carbonyl (C=O) groups is 2. The van der Waals surface area contributed by atoms with E-state index in [1.807, 2.05) is 12.1 Å². The van der Waals surface area contributed by atoms with Crippen LogP contribution in [0.3, 0.4) is 0 Å². The van der Waals surface area contributed by atoms with Crippen LogP contribution in [0.2, 0.25) is 0 Å². The van der Waals surface area contributed by atoms with E-state index in [0.29, 0.717) is 30.8 Å². The molecule has 0 spiro atoms. The first-order valence-electron chi connectivity index (χ1n) is 8.87. The first-order chi connectivity index (χ1) is 13.4. The lowest BCUT2D eigenvalue weighted by Gasteiger charge is -2.17. The number of amides is 2. The highest BCUT2D eigenvalue weighted by molar-refractivity contribution is 5.97. The monoisotopic (exact) mass is 383 g/mol. The number of methoxy groups -OCH3 is 1. The van der Waals surface area contributed by atoms with Gasteiger partial charge < -0.3 is 15.0 Å². The molecule has 0 bridgehead atoms. The normalized spacial score (nSPS) is 16.1. The molecule has 2 aromatic carbocycles. The maximum absolute atomic E-state index is 12.5. The van der Waals surface area contributed by atoms with Gasteiger partial charge in [0.1, 0.15) is 5.75 Å². The maximum atomic E-state index is 12.5. The van der Waals surface area contributed by atoms with Crippen LogP contribution in [0.5, 0.6) is 5.75 Å². The number of ether oxygens (including phenoxy) is 1. The fourth-order valence-electron chi connectivity index (χ4n) is 3.33. The lowest BCUT2D eigenvalue weighted by Crippen LogP contribution is -2.31. The fraction of sp³-hybridized carbons (Fsp3) is 0.300. The Hall–Kier alpha value is -3.42. The van der Waals surface area contributed by atoms with Crippen LogP contribution in [0.1, 0.15) is 22.3 Å². The number of nitrogens with one attached hydrogen (secondary N) is 1. The van der Waals surface area contributed by atoms with Crippen molar-refractivity contribution in [2.24, 2.45) is 5.92 Å². The van der Waals surface area contributed by atoms with E-state index in [1.165, 1.54) is 12.1 Å². The van der Waals surface area contributed by atoms with Crippen LogP contribution in [-0.2, 0) is 4.79 Å². The zero-order valence-electron chi connectivity index (χ0n) is 15.7. The van der Waals surface area contributed by atoms with E-state index in [0.717, 1.165) is 5.69 Å². The van der Waals surface area contributed by atoms with E-state index < -0.39 is 4.92 Å². The molecule has 2 amide bonds. The molecule has 1 fully saturated rings. The Balaban J connectivity index is 1.62. The van der Waals surface area contributed by atoms with Gasteiger partial charge in [-0.3, -0.25) is 19.7 Å². The summed E-state index contributed by atoms with van der Waals surface area (Å²) in [5, 5.41) is 13.8. The summed E-state index contributed by atoms with van der Waals surface area (Å²) in [5.74, 6) is 0.302. The van der Waals surface area contributed by atoms with E-state index >= 15 is 0 Å². The third-order valence-electron chi connectivity index (χ3n) is 4.89. The van der Waals surface area contributed by atoms with Crippen molar-refractivity contribution >= 4 is 23.2 Å². The van der Waals surface area contributed by atoms with Crippen LogP contribution in [0.4, 0.5) is 11.4 Å². The van der Waals surface area contributed by atoms with Crippen LogP contribution < -0.4 is 15.0 Å². The van der Waals surface area contributed by atoms with Gasteiger partial charge in [-0.2, -0.15) is 0 Å². The molecule has 1 heterocycles. The van der Waals surface area contributed by atoms with Gasteiger partial charge in [0, 0.05) is 48.3 Å². The highest BCUT2D eigenvalue weighted by atomic mass is 16.6. The molecule has 28 heavy (non-hydrogen) atoms. The second-order valence-corrected chi connectivity index (χ2v) is 6.69. The number of nitro groups is 1. The molecule has 1 aliphatic heterocycles. The summed E-state index contributed by atoms with van der Waals surface area (Å²) in [6.07, 6.45) is 0.334. The SMILES string of the molecule is COc1ccc(N2CC(CNC(=O)c3cccc([N+](=O)[O-])c3C)CC2=O)cc1. The largest absolute Gasteiger partial charge is 0.497 e. The number of benzene rings is 2. The first kappa shape index (κ1) is 19.3. The van der Waals surface area contributed by atoms with Crippen molar-refractivity contribution in [1.82, 2.24) is 5.32 Å². The minimum absolute atomic E-state index is 0.00375. The molecule has 8 heteroatoms. The Morgan fingerprint density at radius 1 is 1.29 bits per heavy atom. The second kappa shape index (κ2) is 8.08. The summed E-state index contributed by atoms with van der Waals surface area (Å²) in [6.45, 7) is 2.37. The Morgan fingerprint density at radius 3 is 2.64 bits per heavy atom. The summed E-state index contributed by atoms with van der Waals surface area (Å²) in [4.78, 5) is 37.0. The van der Waals surface area contributed by atoms with Crippen LogP contribution in [0, 0.1) is 23.0 Å². The van der Waals surface area contributed by atoms with Crippen molar-refractivity contribution in [1.29, 1.82) is 0 Å². The predicted molar refractivity (Wildman–Crippen MR) is 104 cm³/mol. The number of carbonyl (C=O) groups excluding carboxylic acids is 2. The van der Waals surface area contributed by atoms with Gasteiger partial charge in [-0.25, -0.2) is 0 Å². The molecular formula is C20H21N3O5. The molecule has 2 aromatic rings. The molecule has 0 radical (unpaired) electrons. The summed E-state index contributed by atoms with van der Waals surface area (Å²) in [6, 6.07) is 11.7. The Bertz CT molecular complexity index is 911. The highest BCUT2D eigenvalue weighted by Gasteiger charge is 2.31. The van der Waals surface area contributed by atoms with Gasteiger partial charge in [0.15, 0.2) is 0 Å². The standard InChI is InChI=1S/C20H21N3O5/c1-13-17(4-3-5-18(13)23(26)27)20(25)21-11-14-10-19(24)22(12-14)15-6-8-16(28-2)9-7-15/h3-9,14H,10-12H2,1-2H3,(H,21,25). The van der Waals surface area contributed by atoms with Crippen LogP contribution >= 0.6 is 0 Å². The molecule has 1 aliphatic rings. The van der Waals surface area contributed by atoms with Gasteiger partial charge >= 0.3 is 0 Å². The van der Waals surface area contributed by atoms with Gasteiger partial charge in [-0.15, -0.1) is 0 Å². The van der Waals surface area contributed by atoms with Gasteiger partial charge in [0.25, 0.3) is 11.6 Å². The number of rotatable bonds is 6. The summed E-state index contributed by atoms with van der Waals surface area (Å²) in [7, 11) is 1.58. The van der Waals surface area contributed by atoms with E-state index in [4.69, 9.17) is 4.74 Å². The minimum atomic E-state index is -0.505. The number of hydrogen-bond donors (Lipinski definition) is 1. The average Bonchev–Trinajstić information content (AvgIpc) is 3.06. The van der Waals surface area contributed by atoms with Crippen LogP contribution in [-0.4, -0.2) is 36.9 Å². The van der Waals surface area contributed by atoms with E-state index in [2.05, 4.69) is 5.32 Å². The molecule has 1 atom stereocenters. The zero-order chi connectivity index (χ0) is 20.3. The third-order valence-corrected chi connectivity index (χ3v) is 4.89. The molecule has 8 nitrogen and oxygen atoms in total. The molecule has 3 rings (SSSR count). The number of nitro benzene ring substituents is 1. The van der Waals surface area contributed by atoms with Gasteiger partial charge in [0.2, 0.25) is 5.91 Å². The third kappa shape index (κ3) is 3.95. The van der Waals surface area contributed by atoms with Crippen molar-refractivity contribution < 1.29 is 19.2 Å². The molecule has 1 N–H and O–H groups in total. The highest BCUT2D eigenvalue weighted by Crippen LogP contribution is 2.27. The van der Waals surface area contributed by atoms with E-state index in [9.17, 15) is 19.7 Å². The predicted octanol–water partition coefficient (Wildman–Crippen LogP) is 2.69. The van der Waals surface area contributed by atoms with Crippen molar-refractivity contribution in [2.75, 3.05) is 25.1 Å². The molecule has 0 aromatic heterocycles. The smallest absolute Gasteiger partial charge is 0.273 e. The molecule has 0 saturated carbocycles. The zero-order valence-corrected chi connectivity index (χ0v) is 15.7. The average molecular weight is 383 g/mol. The summed E-state index contributed by atoms with van der Waals surface area (Å²) >= 11 is 0. The molecule has 146 valence electrons. The number of anilines is 1. The van der Waals surface area contributed by atoms with Crippen molar-refractivity contribution in [2.45, 2.75) is 13.3 Å². The molecule has 1 saturated heterocycles. The van der Waals surface area contributed by atoms with Crippen molar-refractivity contribution in [3.63, 3.8) is 0 Å². The summed E-state index contributed by atoms with van der Waals surface area (Å²) in [5.41, 5.74) is 1.29. The first-order valence-corrected chi connectivity index (χ1v) is 8.87. The van der Waals surface area contributed by atoms with Gasteiger partial charge in [0.05, 0.1) is 12.0 Å². The lowest BCUT2D eigenvalue weighted by atomic mass is 10.1. The van der Waals surface area contributed by atoms with Gasteiger partial charge in [-0.1, -0.05) is 6.07 Å². The van der Waals surface area contributed by atoms with Crippen molar-refractivity contribution in [3.8, 4) is 5.75 Å². The number of nitrogens with zero attached hydrogens (tertiary/aromatic N) is 2. The molecular weight excluding hydrogens is 362 g/mol. The Kier molecular flexibility index (Phi) is 5.58. The summed E-state index contributed by atoms with van der Waals surface area (Å²) < 4.78 is 5.13. The second-order valence-electron chi connectivity index (χ2n) is 6.69. The van der Waals surface area contributed by atoms with Crippen LogP contribution in [0.25, 0.3) is 0 Å². The van der Waals surface area contributed by atoms with Crippen molar-refractivity contribution in [3.05, 3.63) is 63.7 Å². The molecule has 0 aliphatic carbocycles. The van der Waals surface area contributed by atoms with Crippen LogP contribution in [0.15, 0.2) is 42.5 Å². The maximum Gasteiger partial charge on any atom is 0.273 e. The Labute approximate surface area is 162 Å². The Morgan fingerprint density at radius 2 is 2.00 bits per heavy atom.